The number of hydrogen-bond donors (Lipinski definition) is 0. The van der Waals surface area contributed by atoms with Gasteiger partial charge in [-0.2, -0.15) is 4.68 Å². The number of carbonyl (C=O) groups is 1. The predicted molar refractivity (Wildman–Crippen MR) is 88.0 cm³/mol. The summed E-state index contributed by atoms with van der Waals surface area (Å²) in [5.74, 6) is 0.177. The van der Waals surface area contributed by atoms with Gasteiger partial charge in [0.15, 0.2) is 0 Å². The lowest BCUT2D eigenvalue weighted by Crippen LogP contribution is -2.14. The maximum absolute atomic E-state index is 12.2. The maximum atomic E-state index is 12.2. The molecule has 106 valence electrons. The second-order valence-electron chi connectivity index (χ2n) is 4.27. The van der Waals surface area contributed by atoms with Crippen molar-refractivity contribution in [2.24, 2.45) is 0 Å². The van der Waals surface area contributed by atoms with Gasteiger partial charge in [0.05, 0.1) is 11.3 Å². The first kappa shape index (κ1) is 14.6. The van der Waals surface area contributed by atoms with Crippen LogP contribution in [0.3, 0.4) is 0 Å². The zero-order valence-corrected chi connectivity index (χ0v) is 13.8. The fourth-order valence-electron chi connectivity index (χ4n) is 1.82. The van der Waals surface area contributed by atoms with E-state index in [-0.39, 0.29) is 11.7 Å². The Morgan fingerprint density at radius 3 is 2.76 bits per heavy atom. The summed E-state index contributed by atoms with van der Waals surface area (Å²) in [6.07, 6.45) is 0. The lowest BCUT2D eigenvalue weighted by Gasteiger charge is -2.02. The fourth-order valence-corrected chi connectivity index (χ4v) is 3.03. The van der Waals surface area contributed by atoms with Crippen LogP contribution in [0, 0.1) is 0 Å². The third-order valence-electron chi connectivity index (χ3n) is 2.82. The normalized spacial score (nSPS) is 11.0. The van der Waals surface area contributed by atoms with Gasteiger partial charge < -0.3 is 0 Å². The Hall–Kier alpha value is -1.37. The van der Waals surface area contributed by atoms with Crippen LogP contribution in [-0.2, 0) is 0 Å². The highest BCUT2D eigenvalue weighted by Crippen LogP contribution is 2.22. The van der Waals surface area contributed by atoms with Crippen LogP contribution in [0.1, 0.15) is 4.79 Å². The van der Waals surface area contributed by atoms with E-state index < -0.39 is 0 Å². The molecule has 0 unspecified atom stereocenters. The quantitative estimate of drug-likeness (QED) is 0.634. The second-order valence-corrected chi connectivity index (χ2v) is 6.67. The molecule has 7 heteroatoms. The summed E-state index contributed by atoms with van der Waals surface area (Å²) in [5, 5.41) is 8.61. The first-order valence-corrected chi connectivity index (χ1v) is 8.22. The lowest BCUT2D eigenvalue weighted by molar-refractivity contribution is 0.0929. The van der Waals surface area contributed by atoms with Gasteiger partial charge in [0.1, 0.15) is 5.52 Å². The Bertz CT molecular complexity index is 804. The first-order chi connectivity index (χ1) is 10.1. The van der Waals surface area contributed by atoms with Crippen LogP contribution in [0.5, 0.6) is 0 Å². The van der Waals surface area contributed by atoms with Gasteiger partial charge in [-0.25, -0.2) is 0 Å². The molecule has 0 saturated carbocycles. The van der Waals surface area contributed by atoms with Crippen molar-refractivity contribution in [1.82, 2.24) is 15.0 Å². The molecule has 0 aliphatic heterocycles. The number of nitrogens with zero attached hydrogens (tertiary/aromatic N) is 3. The Kier molecular flexibility index (Phi) is 4.28. The van der Waals surface area contributed by atoms with Crippen LogP contribution in [0.25, 0.3) is 11.0 Å². The number of carbonyl (C=O) groups excluding carboxylic acids is 1. The highest BCUT2D eigenvalue weighted by Gasteiger charge is 2.12. The molecular formula is C14H9BrClN3OS. The van der Waals surface area contributed by atoms with E-state index in [0.717, 1.165) is 9.37 Å². The zero-order chi connectivity index (χ0) is 14.8. The van der Waals surface area contributed by atoms with Crippen molar-refractivity contribution >= 4 is 56.2 Å². The largest absolute Gasteiger partial charge is 0.272 e. The van der Waals surface area contributed by atoms with Gasteiger partial charge in [-0.3, -0.25) is 4.79 Å². The van der Waals surface area contributed by atoms with E-state index >= 15 is 0 Å². The highest BCUT2D eigenvalue weighted by atomic mass is 79.9. The molecule has 0 aliphatic carbocycles. The lowest BCUT2D eigenvalue weighted by atomic mass is 10.3. The topological polar surface area (TPSA) is 47.8 Å². The molecule has 3 aromatic rings. The van der Waals surface area contributed by atoms with Crippen molar-refractivity contribution < 1.29 is 4.79 Å². The summed E-state index contributed by atoms with van der Waals surface area (Å²) in [5.41, 5.74) is 1.40. The van der Waals surface area contributed by atoms with Crippen molar-refractivity contribution in [3.05, 3.63) is 52.0 Å². The average Bonchev–Trinajstić information content (AvgIpc) is 2.89. The van der Waals surface area contributed by atoms with Gasteiger partial charge in [0, 0.05) is 14.4 Å². The van der Waals surface area contributed by atoms with Crippen LogP contribution in [0.2, 0.25) is 5.02 Å². The molecule has 0 atom stereocenters. The van der Waals surface area contributed by atoms with E-state index in [2.05, 4.69) is 26.2 Å². The minimum Gasteiger partial charge on any atom is -0.272 e. The smallest absolute Gasteiger partial charge is 0.259 e. The molecule has 0 aliphatic rings. The summed E-state index contributed by atoms with van der Waals surface area (Å²) < 4.78 is 2.25. The Morgan fingerprint density at radius 1 is 1.24 bits per heavy atom. The van der Waals surface area contributed by atoms with Gasteiger partial charge in [-0.05, 0) is 42.5 Å². The standard InChI is InChI=1S/C14H9BrClN3OS/c15-9-1-6-13-12(7-9)17-18-19(13)14(20)8-21-11-4-2-10(16)3-5-11/h1-7H,8H2. The van der Waals surface area contributed by atoms with Crippen molar-refractivity contribution in [3.63, 3.8) is 0 Å². The SMILES string of the molecule is O=C(CSc1ccc(Cl)cc1)n1nnc2cc(Br)ccc21. The number of rotatable bonds is 3. The summed E-state index contributed by atoms with van der Waals surface area (Å²) in [6, 6.07) is 12.9. The number of thioether (sulfide) groups is 1. The van der Waals surface area contributed by atoms with E-state index in [1.54, 1.807) is 12.1 Å². The molecule has 0 saturated heterocycles. The average molecular weight is 383 g/mol. The van der Waals surface area contributed by atoms with Gasteiger partial charge in [0.2, 0.25) is 0 Å². The minimum absolute atomic E-state index is 0.111. The van der Waals surface area contributed by atoms with Crippen LogP contribution < -0.4 is 0 Å². The van der Waals surface area contributed by atoms with Gasteiger partial charge in [-0.1, -0.05) is 32.7 Å². The van der Waals surface area contributed by atoms with Gasteiger partial charge >= 0.3 is 0 Å². The van der Waals surface area contributed by atoms with Crippen molar-refractivity contribution in [2.45, 2.75) is 4.90 Å². The highest BCUT2D eigenvalue weighted by molar-refractivity contribution is 9.10. The molecule has 0 bridgehead atoms. The third-order valence-corrected chi connectivity index (χ3v) is 4.56. The molecule has 0 spiro atoms. The number of fused-ring (bicyclic) bond motifs is 1. The van der Waals surface area contributed by atoms with E-state index in [1.807, 2.05) is 30.3 Å². The summed E-state index contributed by atoms with van der Waals surface area (Å²) in [7, 11) is 0. The summed E-state index contributed by atoms with van der Waals surface area (Å²) >= 11 is 10.6. The molecule has 0 radical (unpaired) electrons. The fraction of sp³-hybridized carbons (Fsp3) is 0.0714. The third kappa shape index (κ3) is 3.28. The van der Waals surface area contributed by atoms with Crippen molar-refractivity contribution in [3.8, 4) is 0 Å². The molecule has 4 nitrogen and oxygen atoms in total. The van der Waals surface area contributed by atoms with E-state index in [0.29, 0.717) is 16.1 Å². The second kappa shape index (κ2) is 6.17. The van der Waals surface area contributed by atoms with Crippen LogP contribution >= 0.6 is 39.3 Å². The molecule has 1 aromatic heterocycles. The van der Waals surface area contributed by atoms with Crippen molar-refractivity contribution in [1.29, 1.82) is 0 Å². The molecule has 3 rings (SSSR count). The number of hydrogen-bond acceptors (Lipinski definition) is 4. The number of halogens is 2. The Morgan fingerprint density at radius 2 is 2.00 bits per heavy atom. The zero-order valence-electron chi connectivity index (χ0n) is 10.7. The van der Waals surface area contributed by atoms with Gasteiger partial charge in [0.25, 0.3) is 5.91 Å². The van der Waals surface area contributed by atoms with E-state index in [4.69, 9.17) is 11.6 Å². The summed E-state index contributed by atoms with van der Waals surface area (Å²) in [6.45, 7) is 0. The molecule has 0 N–H and O–H groups in total. The Labute approximate surface area is 138 Å². The predicted octanol–water partition coefficient (Wildman–Crippen LogP) is 4.28. The molecular weight excluding hydrogens is 374 g/mol. The monoisotopic (exact) mass is 381 g/mol. The van der Waals surface area contributed by atoms with E-state index in [1.165, 1.54) is 16.4 Å². The van der Waals surface area contributed by atoms with Crippen LogP contribution in [0.15, 0.2) is 51.8 Å². The maximum Gasteiger partial charge on any atom is 0.259 e. The molecule has 1 heterocycles. The van der Waals surface area contributed by atoms with Crippen LogP contribution in [-0.4, -0.2) is 26.7 Å². The minimum atomic E-state index is -0.111. The van der Waals surface area contributed by atoms with Crippen LogP contribution in [0.4, 0.5) is 0 Å². The molecule has 2 aromatic carbocycles. The molecule has 0 fully saturated rings. The molecule has 21 heavy (non-hydrogen) atoms. The van der Waals surface area contributed by atoms with Gasteiger partial charge in [-0.15, -0.1) is 16.9 Å². The summed E-state index contributed by atoms with van der Waals surface area (Å²) in [4.78, 5) is 13.2. The van der Waals surface area contributed by atoms with Crippen molar-refractivity contribution in [2.75, 3.05) is 5.75 Å². The number of benzene rings is 2. The Balaban J connectivity index is 1.76. The molecule has 0 amide bonds. The first-order valence-electron chi connectivity index (χ1n) is 6.06. The van der Waals surface area contributed by atoms with E-state index in [9.17, 15) is 4.79 Å². The number of aromatic nitrogens is 3.